The van der Waals surface area contributed by atoms with Crippen LogP contribution in [-0.4, -0.2) is 6.71 Å². The zero-order valence-corrected chi connectivity index (χ0v) is 40.6. The molecule has 0 saturated heterocycles. The van der Waals surface area contributed by atoms with Gasteiger partial charge in [-0.1, -0.05) is 136 Å². The number of benzene rings is 7. The van der Waals surface area contributed by atoms with Gasteiger partial charge in [0.2, 0.25) is 0 Å². The van der Waals surface area contributed by atoms with E-state index in [4.69, 9.17) is 0 Å². The molecule has 318 valence electrons. The second-order valence-electron chi connectivity index (χ2n) is 20.9. The number of nitrogens with zero attached hydrogens (tertiary/aromatic N) is 2. The van der Waals surface area contributed by atoms with Crippen LogP contribution in [0.1, 0.15) is 97.9 Å². The Morgan fingerprint density at radius 3 is 1.88 bits per heavy atom. The van der Waals surface area contributed by atoms with Crippen LogP contribution in [0.4, 0.5) is 34.1 Å². The molecule has 0 amide bonds. The molecule has 0 fully saturated rings. The Morgan fingerprint density at radius 1 is 0.500 bits per heavy atom. The van der Waals surface area contributed by atoms with Gasteiger partial charge in [-0.3, -0.25) is 0 Å². The van der Waals surface area contributed by atoms with Crippen molar-refractivity contribution in [3.63, 3.8) is 0 Å². The highest BCUT2D eigenvalue weighted by Crippen LogP contribution is 2.51. The summed E-state index contributed by atoms with van der Waals surface area (Å²) in [6.45, 7) is 23.5. The van der Waals surface area contributed by atoms with E-state index in [1.807, 2.05) is 22.7 Å². The Kier molecular flexibility index (Phi) is 9.45. The van der Waals surface area contributed by atoms with Crippen molar-refractivity contribution in [3.8, 4) is 11.1 Å². The van der Waals surface area contributed by atoms with E-state index in [1.54, 1.807) is 0 Å². The third-order valence-electron chi connectivity index (χ3n) is 14.5. The van der Waals surface area contributed by atoms with Gasteiger partial charge >= 0.3 is 0 Å². The van der Waals surface area contributed by atoms with E-state index in [2.05, 4.69) is 219 Å². The average molecular weight is 869 g/mol. The van der Waals surface area contributed by atoms with Gasteiger partial charge in [-0.05, 0) is 141 Å². The second-order valence-corrected chi connectivity index (χ2v) is 23.1. The summed E-state index contributed by atoms with van der Waals surface area (Å²) in [5.41, 5.74) is 18.2. The van der Waals surface area contributed by atoms with E-state index in [1.165, 1.54) is 113 Å². The molecular weight excluding hydrogens is 812 g/mol. The molecule has 0 bridgehead atoms. The van der Waals surface area contributed by atoms with Crippen LogP contribution in [0.5, 0.6) is 0 Å². The molecule has 2 aliphatic rings. The summed E-state index contributed by atoms with van der Waals surface area (Å²) in [6, 6.07) is 54.5. The van der Waals surface area contributed by atoms with Gasteiger partial charge in [-0.15, -0.1) is 22.7 Å². The van der Waals surface area contributed by atoms with Crippen molar-refractivity contribution >= 4 is 109 Å². The van der Waals surface area contributed by atoms with Crippen LogP contribution in [0, 0.1) is 0 Å². The van der Waals surface area contributed by atoms with Crippen LogP contribution in [-0.2, 0) is 22.7 Å². The van der Waals surface area contributed by atoms with E-state index in [9.17, 15) is 0 Å². The van der Waals surface area contributed by atoms with Crippen LogP contribution in [0.15, 0.2) is 140 Å². The number of hydrogen-bond acceptors (Lipinski definition) is 4. The highest BCUT2D eigenvalue weighted by molar-refractivity contribution is 7.33. The molecule has 2 aromatic heterocycles. The molecule has 5 heteroatoms. The number of aryl methyl sites for hydroxylation is 1. The maximum absolute atomic E-state index is 2.62. The molecule has 2 aliphatic heterocycles. The van der Waals surface area contributed by atoms with Gasteiger partial charge in [0, 0.05) is 63.3 Å². The average Bonchev–Trinajstić information content (AvgIpc) is 3.86. The smallest absolute Gasteiger partial charge is 0.264 e. The number of hydrogen-bond donors (Lipinski definition) is 0. The normalized spacial score (nSPS) is 13.8. The number of thiophene rings is 2. The molecule has 0 saturated carbocycles. The summed E-state index contributed by atoms with van der Waals surface area (Å²) in [5, 5.41) is 3.99. The molecule has 0 atom stereocenters. The standard InChI is InChI=1S/C59H57BN2S2/c1-11-36-20-26-41(27-21-36)61-49-17-15-18-50-54(49)60(56-55(61)45-34-39(58(6,7)8)25-31-53(45)64-56)46-35-40(59(9,10)12-2)24-29-48(46)62(50)47-28-23-38(57(3,4)5)33-43(47)37-22-30-52-44(32-37)42-16-13-14-19-51(42)63-52/h13-35H,11-12H2,1-10H3. The van der Waals surface area contributed by atoms with Crippen LogP contribution in [0.3, 0.4) is 0 Å². The molecule has 0 unspecified atom stereocenters. The molecule has 9 aromatic rings. The highest BCUT2D eigenvalue weighted by atomic mass is 32.1. The van der Waals surface area contributed by atoms with E-state index in [0.717, 1.165) is 12.8 Å². The van der Waals surface area contributed by atoms with Crippen molar-refractivity contribution in [1.82, 2.24) is 0 Å². The lowest BCUT2D eigenvalue weighted by molar-refractivity contribution is 0.506. The predicted octanol–water partition coefficient (Wildman–Crippen LogP) is 15.9. The van der Waals surface area contributed by atoms with Crippen LogP contribution in [0.25, 0.3) is 41.4 Å². The predicted molar refractivity (Wildman–Crippen MR) is 284 cm³/mol. The first kappa shape index (κ1) is 41.1. The molecular formula is C59H57BN2S2. The van der Waals surface area contributed by atoms with Crippen molar-refractivity contribution in [2.45, 2.75) is 98.3 Å². The molecule has 0 aliphatic carbocycles. The quantitative estimate of drug-likeness (QED) is 0.154. The van der Waals surface area contributed by atoms with Crippen LogP contribution in [0.2, 0.25) is 0 Å². The van der Waals surface area contributed by atoms with E-state index in [-0.39, 0.29) is 23.0 Å². The number of rotatable bonds is 6. The molecule has 2 nitrogen and oxygen atoms in total. The second kappa shape index (κ2) is 14.7. The minimum Gasteiger partial charge on any atom is -0.311 e. The van der Waals surface area contributed by atoms with E-state index < -0.39 is 0 Å². The Balaban J connectivity index is 1.23. The minimum absolute atomic E-state index is 0.0181. The van der Waals surface area contributed by atoms with E-state index in [0.29, 0.717) is 0 Å². The first-order valence-corrected chi connectivity index (χ1v) is 24.9. The highest BCUT2D eigenvalue weighted by Gasteiger charge is 2.46. The first-order chi connectivity index (χ1) is 30.6. The summed E-state index contributed by atoms with van der Waals surface area (Å²) in [7, 11) is 0. The monoisotopic (exact) mass is 868 g/mol. The molecule has 7 aromatic carbocycles. The van der Waals surface area contributed by atoms with Gasteiger partial charge in [0.25, 0.3) is 6.71 Å². The fraction of sp³-hybridized carbons (Fsp3) is 0.254. The van der Waals surface area contributed by atoms with Gasteiger partial charge in [-0.2, -0.15) is 0 Å². The Hall–Kier alpha value is -5.62. The van der Waals surface area contributed by atoms with Crippen LogP contribution < -0.4 is 25.5 Å². The number of fused-ring (bicyclic) bond motifs is 9. The van der Waals surface area contributed by atoms with Gasteiger partial charge < -0.3 is 9.80 Å². The van der Waals surface area contributed by atoms with Gasteiger partial charge in [0.05, 0.1) is 11.4 Å². The van der Waals surface area contributed by atoms with Crippen molar-refractivity contribution in [2.75, 3.05) is 9.80 Å². The zero-order valence-electron chi connectivity index (χ0n) is 39.0. The Morgan fingerprint density at radius 2 is 1.14 bits per heavy atom. The van der Waals surface area contributed by atoms with Gasteiger partial charge in [0.15, 0.2) is 0 Å². The number of anilines is 6. The summed E-state index contributed by atoms with van der Waals surface area (Å²) in [5.74, 6) is 0. The minimum atomic E-state index is -0.0256. The fourth-order valence-corrected chi connectivity index (χ4v) is 12.6. The molecule has 4 heterocycles. The lowest BCUT2D eigenvalue weighted by Gasteiger charge is -2.44. The third kappa shape index (κ3) is 6.40. The van der Waals surface area contributed by atoms with Crippen molar-refractivity contribution < 1.29 is 0 Å². The van der Waals surface area contributed by atoms with Crippen molar-refractivity contribution in [3.05, 3.63) is 162 Å². The maximum Gasteiger partial charge on any atom is 0.264 e. The Bertz CT molecular complexity index is 3320. The lowest BCUT2D eigenvalue weighted by Crippen LogP contribution is -2.60. The maximum atomic E-state index is 2.62. The summed E-state index contributed by atoms with van der Waals surface area (Å²) in [4.78, 5) is 5.23. The summed E-state index contributed by atoms with van der Waals surface area (Å²) >= 11 is 3.88. The fourth-order valence-electron chi connectivity index (χ4n) is 10.2. The summed E-state index contributed by atoms with van der Waals surface area (Å²) < 4.78 is 5.42. The molecule has 64 heavy (non-hydrogen) atoms. The Labute approximate surface area is 388 Å². The largest absolute Gasteiger partial charge is 0.311 e. The summed E-state index contributed by atoms with van der Waals surface area (Å²) in [6.07, 6.45) is 2.07. The molecule has 0 N–H and O–H groups in total. The molecule has 0 spiro atoms. The van der Waals surface area contributed by atoms with Gasteiger partial charge in [0.1, 0.15) is 0 Å². The topological polar surface area (TPSA) is 6.48 Å². The molecule has 11 rings (SSSR count). The first-order valence-electron chi connectivity index (χ1n) is 23.2. The van der Waals surface area contributed by atoms with Crippen molar-refractivity contribution in [1.29, 1.82) is 0 Å². The van der Waals surface area contributed by atoms with Crippen molar-refractivity contribution in [2.24, 2.45) is 0 Å². The van der Waals surface area contributed by atoms with E-state index >= 15 is 0 Å². The molecule has 0 radical (unpaired) electrons. The SMILES string of the molecule is CCc1ccc(N2c3cccc4c3B(c3cc(C(C)(C)CC)ccc3N4c3ccc(C(C)(C)C)cc3-c3ccc4sc5ccccc5c4c3)c3sc4ccc(C(C)(C)C)cc4c32)cc1. The zero-order chi connectivity index (χ0) is 44.4. The lowest BCUT2D eigenvalue weighted by atomic mass is 9.36. The van der Waals surface area contributed by atoms with Crippen LogP contribution >= 0.6 is 22.7 Å². The third-order valence-corrected chi connectivity index (χ3v) is 16.9. The van der Waals surface area contributed by atoms with Gasteiger partial charge in [-0.25, -0.2) is 0 Å².